The minimum Gasteiger partial charge on any atom is -0.397 e. The molecular formula is C8H14N2O4S. The Morgan fingerprint density at radius 3 is 1.80 bits per heavy atom. The number of para-hydroxylation sites is 2. The third-order valence-electron chi connectivity index (χ3n) is 1.26. The van der Waals surface area contributed by atoms with E-state index in [0.29, 0.717) is 11.4 Å². The largest absolute Gasteiger partial charge is 0.397 e. The number of rotatable bonds is 2. The van der Waals surface area contributed by atoms with Crippen molar-refractivity contribution in [1.29, 1.82) is 0 Å². The van der Waals surface area contributed by atoms with Gasteiger partial charge in [-0.05, 0) is 19.1 Å². The molecule has 0 aliphatic rings. The zero-order valence-electron chi connectivity index (χ0n) is 8.25. The van der Waals surface area contributed by atoms with Crippen LogP contribution in [0.25, 0.3) is 0 Å². The summed E-state index contributed by atoms with van der Waals surface area (Å²) >= 11 is 0. The van der Waals surface area contributed by atoms with E-state index in [1.54, 1.807) is 12.1 Å². The maximum atomic E-state index is 9.56. The van der Waals surface area contributed by atoms with Crippen LogP contribution >= 0.6 is 0 Å². The highest BCUT2D eigenvalue weighted by molar-refractivity contribution is 7.80. The van der Waals surface area contributed by atoms with E-state index in [0.717, 1.165) is 0 Å². The molecule has 7 heteroatoms. The first kappa shape index (κ1) is 13.7. The summed E-state index contributed by atoms with van der Waals surface area (Å²) in [5.41, 5.74) is 12.1. The quantitative estimate of drug-likeness (QED) is 0.511. The number of nitrogens with two attached hydrogens (primary N) is 2. The monoisotopic (exact) mass is 234 g/mol. The topological polar surface area (TPSA) is 116 Å². The van der Waals surface area contributed by atoms with Gasteiger partial charge < -0.3 is 11.5 Å². The molecule has 86 valence electrons. The van der Waals surface area contributed by atoms with Crippen LogP contribution in [-0.2, 0) is 14.6 Å². The van der Waals surface area contributed by atoms with Gasteiger partial charge >= 0.3 is 10.4 Å². The number of hydrogen-bond donors (Lipinski definition) is 3. The van der Waals surface area contributed by atoms with Gasteiger partial charge in [-0.1, -0.05) is 12.1 Å². The van der Waals surface area contributed by atoms with Gasteiger partial charge in [0, 0.05) is 0 Å². The normalized spacial score (nSPS) is 10.3. The molecule has 1 rings (SSSR count). The fraction of sp³-hybridized carbons (Fsp3) is 0.250. The molecule has 1 aromatic rings. The van der Waals surface area contributed by atoms with E-state index in [1.165, 1.54) is 6.92 Å². The fourth-order valence-electron chi connectivity index (χ4n) is 0.660. The molecule has 0 heterocycles. The molecule has 1 aromatic carbocycles. The van der Waals surface area contributed by atoms with Gasteiger partial charge in [-0.15, -0.1) is 0 Å². The summed E-state index contributed by atoms with van der Waals surface area (Å²) in [6.45, 7) is 1.44. The first-order valence-corrected chi connectivity index (χ1v) is 5.45. The summed E-state index contributed by atoms with van der Waals surface area (Å²) in [5.74, 6) is 0. The van der Waals surface area contributed by atoms with Crippen molar-refractivity contribution in [3.63, 3.8) is 0 Å². The fourth-order valence-corrected chi connectivity index (χ4v) is 0.958. The molecule has 15 heavy (non-hydrogen) atoms. The lowest BCUT2D eigenvalue weighted by atomic mass is 10.3. The van der Waals surface area contributed by atoms with Crippen LogP contribution in [0.3, 0.4) is 0 Å². The Balaban J connectivity index is 0.000000265. The molecule has 0 aromatic heterocycles. The first-order chi connectivity index (χ1) is 6.87. The van der Waals surface area contributed by atoms with Crippen molar-refractivity contribution in [3.05, 3.63) is 24.3 Å². The average molecular weight is 234 g/mol. The van der Waals surface area contributed by atoms with Crippen molar-refractivity contribution >= 4 is 21.8 Å². The summed E-state index contributed by atoms with van der Waals surface area (Å²) in [6.07, 6.45) is 0. The van der Waals surface area contributed by atoms with Crippen molar-refractivity contribution < 1.29 is 17.2 Å². The Labute approximate surface area is 88.8 Å². The van der Waals surface area contributed by atoms with E-state index in [-0.39, 0.29) is 6.61 Å². The summed E-state index contributed by atoms with van der Waals surface area (Å²) in [6, 6.07) is 7.25. The highest BCUT2D eigenvalue weighted by atomic mass is 32.3. The average Bonchev–Trinajstić information content (AvgIpc) is 2.09. The van der Waals surface area contributed by atoms with E-state index >= 15 is 0 Å². The number of anilines is 2. The minimum absolute atomic E-state index is 0.0289. The van der Waals surface area contributed by atoms with Crippen molar-refractivity contribution in [2.45, 2.75) is 6.92 Å². The molecule has 0 bridgehead atoms. The van der Waals surface area contributed by atoms with Gasteiger partial charge in [-0.2, -0.15) is 8.42 Å². The molecule has 0 saturated heterocycles. The first-order valence-electron chi connectivity index (χ1n) is 4.08. The Morgan fingerprint density at radius 1 is 1.27 bits per heavy atom. The molecule has 0 saturated carbocycles. The standard InChI is InChI=1S/C6H8N2.C2H6O4S/c7-5-3-1-2-4-6(5)8;1-2-6-7(3,4)5/h1-4H,7-8H2;2H2,1H3,(H,3,4,5). The van der Waals surface area contributed by atoms with E-state index < -0.39 is 10.4 Å². The van der Waals surface area contributed by atoms with Gasteiger partial charge in [-0.25, -0.2) is 4.18 Å². The van der Waals surface area contributed by atoms with Crippen molar-refractivity contribution in [2.75, 3.05) is 18.1 Å². The van der Waals surface area contributed by atoms with Gasteiger partial charge in [0.05, 0.1) is 18.0 Å². The Kier molecular flexibility index (Phi) is 5.68. The number of benzene rings is 1. The van der Waals surface area contributed by atoms with Crippen molar-refractivity contribution in [2.24, 2.45) is 0 Å². The van der Waals surface area contributed by atoms with Gasteiger partial charge in [0.25, 0.3) is 0 Å². The van der Waals surface area contributed by atoms with Crippen molar-refractivity contribution in [1.82, 2.24) is 0 Å². The van der Waals surface area contributed by atoms with Crippen LogP contribution in [-0.4, -0.2) is 19.6 Å². The lowest BCUT2D eigenvalue weighted by molar-refractivity contribution is 0.283. The molecule has 0 unspecified atom stereocenters. The van der Waals surface area contributed by atoms with Crippen molar-refractivity contribution in [3.8, 4) is 0 Å². The molecule has 0 spiro atoms. The maximum Gasteiger partial charge on any atom is 0.397 e. The summed E-state index contributed by atoms with van der Waals surface area (Å²) < 4.78 is 30.7. The molecule has 0 fully saturated rings. The molecule has 0 amide bonds. The van der Waals surface area contributed by atoms with Crippen LogP contribution in [0.15, 0.2) is 24.3 Å². The van der Waals surface area contributed by atoms with Gasteiger partial charge in [0.2, 0.25) is 0 Å². The second-order valence-corrected chi connectivity index (χ2v) is 3.55. The van der Waals surface area contributed by atoms with Gasteiger partial charge in [0.15, 0.2) is 0 Å². The van der Waals surface area contributed by atoms with Gasteiger partial charge in [-0.3, -0.25) is 4.55 Å². The van der Waals surface area contributed by atoms with Crippen LogP contribution in [0, 0.1) is 0 Å². The van der Waals surface area contributed by atoms with Crippen LogP contribution in [0.5, 0.6) is 0 Å². The molecule has 0 aliphatic heterocycles. The molecule has 0 atom stereocenters. The summed E-state index contributed by atoms with van der Waals surface area (Å²) in [4.78, 5) is 0. The van der Waals surface area contributed by atoms with Crippen LogP contribution < -0.4 is 11.5 Å². The predicted octanol–water partition coefficient (Wildman–Crippen LogP) is 0.677. The van der Waals surface area contributed by atoms with E-state index in [2.05, 4.69) is 4.18 Å². The number of hydrogen-bond acceptors (Lipinski definition) is 5. The lowest BCUT2D eigenvalue weighted by Gasteiger charge is -1.94. The molecule has 5 N–H and O–H groups in total. The molecule has 6 nitrogen and oxygen atoms in total. The zero-order valence-corrected chi connectivity index (χ0v) is 9.07. The smallest absolute Gasteiger partial charge is 0.397 e. The van der Waals surface area contributed by atoms with Gasteiger partial charge in [0.1, 0.15) is 0 Å². The SMILES string of the molecule is CCOS(=O)(=O)O.Nc1ccccc1N. The second-order valence-electron chi connectivity index (χ2n) is 2.46. The summed E-state index contributed by atoms with van der Waals surface area (Å²) in [5, 5.41) is 0. The Morgan fingerprint density at radius 2 is 1.67 bits per heavy atom. The lowest BCUT2D eigenvalue weighted by Crippen LogP contribution is -2.01. The maximum absolute atomic E-state index is 9.56. The highest BCUT2D eigenvalue weighted by Gasteiger charge is 1.98. The third-order valence-corrected chi connectivity index (χ3v) is 1.80. The Hall–Kier alpha value is -1.31. The predicted molar refractivity (Wildman–Crippen MR) is 58.4 cm³/mol. The third kappa shape index (κ3) is 7.74. The van der Waals surface area contributed by atoms with E-state index in [9.17, 15) is 8.42 Å². The van der Waals surface area contributed by atoms with E-state index in [1.807, 2.05) is 12.1 Å². The van der Waals surface area contributed by atoms with E-state index in [4.69, 9.17) is 16.0 Å². The molecule has 0 aliphatic carbocycles. The second kappa shape index (κ2) is 6.23. The van der Waals surface area contributed by atoms with Crippen LogP contribution in [0.1, 0.15) is 6.92 Å². The number of nitrogen functional groups attached to an aromatic ring is 2. The minimum atomic E-state index is -4.17. The van der Waals surface area contributed by atoms with Crippen LogP contribution in [0.4, 0.5) is 11.4 Å². The summed E-state index contributed by atoms with van der Waals surface area (Å²) in [7, 11) is -4.17. The molecular weight excluding hydrogens is 220 g/mol. The highest BCUT2D eigenvalue weighted by Crippen LogP contribution is 2.10. The zero-order chi connectivity index (χ0) is 11.9. The molecule has 0 radical (unpaired) electrons. The van der Waals surface area contributed by atoms with Crippen LogP contribution in [0.2, 0.25) is 0 Å². The Bertz CT molecular complexity index is 370.